The van der Waals surface area contributed by atoms with E-state index in [-0.39, 0.29) is 6.61 Å². The Morgan fingerprint density at radius 1 is 1.33 bits per heavy atom. The smallest absolute Gasteiger partial charge is 0.354 e. The summed E-state index contributed by atoms with van der Waals surface area (Å²) in [5.74, 6) is -3.27. The second kappa shape index (κ2) is 4.37. The summed E-state index contributed by atoms with van der Waals surface area (Å²) < 4.78 is 42.6. The number of aliphatic imine (C=N–C) groups is 1. The summed E-state index contributed by atoms with van der Waals surface area (Å²) in [6.07, 6.45) is -4.89. The number of alkyl halides is 3. The van der Waals surface area contributed by atoms with Crippen LogP contribution in [0.25, 0.3) is 0 Å². The molecule has 0 aromatic heterocycles. The lowest BCUT2D eigenvalue weighted by molar-refractivity contribution is -0.333. The molecule has 98 valence electrons. The van der Waals surface area contributed by atoms with E-state index in [9.17, 15) is 18.3 Å². The van der Waals surface area contributed by atoms with E-state index >= 15 is 0 Å². The zero-order valence-electron chi connectivity index (χ0n) is 9.61. The third kappa shape index (κ3) is 2.13. The molecule has 0 bridgehead atoms. The van der Waals surface area contributed by atoms with Gasteiger partial charge < -0.3 is 9.84 Å². The Balaban J connectivity index is 2.30. The molecule has 18 heavy (non-hydrogen) atoms. The lowest BCUT2D eigenvalue weighted by atomic mass is 10.0. The van der Waals surface area contributed by atoms with Gasteiger partial charge in [0, 0.05) is 0 Å². The van der Waals surface area contributed by atoms with Gasteiger partial charge in [0.2, 0.25) is 0 Å². The molecule has 1 aromatic rings. The fourth-order valence-corrected chi connectivity index (χ4v) is 1.80. The standard InChI is InChI=1S/C12H12F3NO2/c1-8-11(17,12(13,14)15)18-7-10(16-8)9-5-3-2-4-6-9/h2-6,10,17H,7H2,1H3/t10-,11+/m0/s1. The number of nitrogens with zero attached hydrogens (tertiary/aromatic N) is 1. The molecule has 0 aliphatic carbocycles. The Bertz CT molecular complexity index is 458. The molecule has 0 saturated carbocycles. The van der Waals surface area contributed by atoms with Crippen molar-refractivity contribution < 1.29 is 23.0 Å². The van der Waals surface area contributed by atoms with Gasteiger partial charge in [0.15, 0.2) is 0 Å². The van der Waals surface area contributed by atoms with Crippen LogP contribution in [0.1, 0.15) is 18.5 Å². The van der Waals surface area contributed by atoms with Crippen LogP contribution in [0.4, 0.5) is 13.2 Å². The molecule has 1 heterocycles. The Labute approximate surface area is 102 Å². The van der Waals surface area contributed by atoms with Crippen molar-refractivity contribution in [3.63, 3.8) is 0 Å². The van der Waals surface area contributed by atoms with Gasteiger partial charge in [-0.1, -0.05) is 30.3 Å². The maximum atomic E-state index is 12.6. The van der Waals surface area contributed by atoms with Crippen LogP contribution >= 0.6 is 0 Å². The third-order valence-corrected chi connectivity index (χ3v) is 2.86. The molecule has 0 fully saturated rings. The molecule has 1 aliphatic heterocycles. The van der Waals surface area contributed by atoms with E-state index in [4.69, 9.17) is 0 Å². The fraction of sp³-hybridized carbons (Fsp3) is 0.417. The topological polar surface area (TPSA) is 41.8 Å². The van der Waals surface area contributed by atoms with E-state index in [0.29, 0.717) is 0 Å². The highest BCUT2D eigenvalue weighted by molar-refractivity contribution is 5.90. The number of halogens is 3. The van der Waals surface area contributed by atoms with E-state index in [1.54, 1.807) is 30.3 Å². The second-order valence-corrected chi connectivity index (χ2v) is 4.09. The van der Waals surface area contributed by atoms with Crippen LogP contribution in [0.5, 0.6) is 0 Å². The summed E-state index contributed by atoms with van der Waals surface area (Å²) in [6, 6.07) is 8.32. The second-order valence-electron chi connectivity index (χ2n) is 4.09. The largest absolute Gasteiger partial charge is 0.449 e. The van der Waals surface area contributed by atoms with Gasteiger partial charge in [-0.3, -0.25) is 4.99 Å². The number of hydrogen-bond donors (Lipinski definition) is 1. The van der Waals surface area contributed by atoms with Crippen molar-refractivity contribution in [1.82, 2.24) is 0 Å². The Morgan fingerprint density at radius 3 is 2.44 bits per heavy atom. The maximum absolute atomic E-state index is 12.6. The van der Waals surface area contributed by atoms with Gasteiger partial charge in [-0.05, 0) is 12.5 Å². The van der Waals surface area contributed by atoms with Crippen molar-refractivity contribution in [3.05, 3.63) is 35.9 Å². The summed E-state index contributed by atoms with van der Waals surface area (Å²) >= 11 is 0. The van der Waals surface area contributed by atoms with Gasteiger partial charge in [-0.25, -0.2) is 0 Å². The molecule has 0 spiro atoms. The predicted molar refractivity (Wildman–Crippen MR) is 59.2 cm³/mol. The van der Waals surface area contributed by atoms with Crippen molar-refractivity contribution in [2.24, 2.45) is 4.99 Å². The summed E-state index contributed by atoms with van der Waals surface area (Å²) in [5.41, 5.74) is 0.274. The molecule has 0 radical (unpaired) electrons. The number of aliphatic hydroxyl groups is 1. The predicted octanol–water partition coefficient (Wildman–Crippen LogP) is 2.47. The average molecular weight is 259 g/mol. The van der Waals surface area contributed by atoms with Crippen molar-refractivity contribution in [3.8, 4) is 0 Å². The van der Waals surface area contributed by atoms with Crippen LogP contribution in [-0.2, 0) is 4.74 Å². The van der Waals surface area contributed by atoms with Crippen LogP contribution in [0, 0.1) is 0 Å². The summed E-state index contributed by atoms with van der Waals surface area (Å²) in [5, 5.41) is 9.46. The Morgan fingerprint density at radius 2 is 1.94 bits per heavy atom. The van der Waals surface area contributed by atoms with Crippen molar-refractivity contribution in [2.75, 3.05) is 6.61 Å². The van der Waals surface area contributed by atoms with E-state index in [1.807, 2.05) is 0 Å². The Kier molecular flexibility index (Phi) is 3.16. The normalized spacial score (nSPS) is 28.9. The highest BCUT2D eigenvalue weighted by Crippen LogP contribution is 2.37. The number of rotatable bonds is 1. The highest BCUT2D eigenvalue weighted by atomic mass is 19.4. The van der Waals surface area contributed by atoms with Crippen molar-refractivity contribution in [2.45, 2.75) is 24.9 Å². The minimum absolute atomic E-state index is 0.308. The van der Waals surface area contributed by atoms with E-state index in [0.717, 1.165) is 12.5 Å². The van der Waals surface area contributed by atoms with Gasteiger partial charge >= 0.3 is 12.0 Å². The number of benzene rings is 1. The van der Waals surface area contributed by atoms with E-state index in [1.165, 1.54) is 0 Å². The van der Waals surface area contributed by atoms with Crippen LogP contribution in [0.15, 0.2) is 35.3 Å². The van der Waals surface area contributed by atoms with Crippen LogP contribution in [0.3, 0.4) is 0 Å². The SMILES string of the molecule is CC1=N[C@H](c2ccccc2)CO[C@@]1(O)C(F)(F)F. The zero-order valence-corrected chi connectivity index (χ0v) is 9.61. The molecule has 2 rings (SSSR count). The summed E-state index contributed by atoms with van der Waals surface area (Å²) in [7, 11) is 0. The lowest BCUT2D eigenvalue weighted by Gasteiger charge is -2.35. The van der Waals surface area contributed by atoms with Gasteiger partial charge in [-0.2, -0.15) is 13.2 Å². The van der Waals surface area contributed by atoms with Crippen molar-refractivity contribution >= 4 is 5.71 Å². The molecule has 0 saturated heterocycles. The van der Waals surface area contributed by atoms with Gasteiger partial charge in [-0.15, -0.1) is 0 Å². The van der Waals surface area contributed by atoms with Gasteiger partial charge in [0.05, 0.1) is 18.4 Å². The lowest BCUT2D eigenvalue weighted by Crippen LogP contribution is -2.55. The first-order valence-corrected chi connectivity index (χ1v) is 5.37. The summed E-state index contributed by atoms with van der Waals surface area (Å²) in [6.45, 7) is 0.806. The minimum atomic E-state index is -4.89. The Hall–Kier alpha value is -1.40. The van der Waals surface area contributed by atoms with Gasteiger partial charge in [0.1, 0.15) is 0 Å². The molecule has 2 atom stereocenters. The molecule has 0 amide bonds. The van der Waals surface area contributed by atoms with E-state index in [2.05, 4.69) is 9.73 Å². The van der Waals surface area contributed by atoms with Crippen molar-refractivity contribution in [1.29, 1.82) is 0 Å². The van der Waals surface area contributed by atoms with E-state index < -0.39 is 23.7 Å². The molecule has 1 N–H and O–H groups in total. The molecular formula is C12H12F3NO2. The summed E-state index contributed by atoms with van der Waals surface area (Å²) in [4.78, 5) is 3.89. The monoisotopic (exact) mass is 259 g/mol. The quantitative estimate of drug-likeness (QED) is 0.841. The average Bonchev–Trinajstić information content (AvgIpc) is 2.32. The molecule has 3 nitrogen and oxygen atoms in total. The first kappa shape index (κ1) is 13.0. The first-order chi connectivity index (χ1) is 8.34. The van der Waals surface area contributed by atoms with Crippen LogP contribution in [0.2, 0.25) is 0 Å². The molecule has 1 aliphatic rings. The zero-order chi connectivity index (χ0) is 13.4. The third-order valence-electron chi connectivity index (χ3n) is 2.86. The number of ether oxygens (including phenoxy) is 1. The van der Waals surface area contributed by atoms with Gasteiger partial charge in [0.25, 0.3) is 0 Å². The van der Waals surface area contributed by atoms with Crippen LogP contribution in [-0.4, -0.2) is 29.4 Å². The minimum Gasteiger partial charge on any atom is -0.354 e. The fourth-order valence-electron chi connectivity index (χ4n) is 1.80. The maximum Gasteiger partial charge on any atom is 0.449 e. The highest BCUT2D eigenvalue weighted by Gasteiger charge is 2.59. The molecule has 1 aromatic carbocycles. The van der Waals surface area contributed by atoms with Crippen LogP contribution < -0.4 is 0 Å². The first-order valence-electron chi connectivity index (χ1n) is 5.37. The molecule has 6 heteroatoms. The number of hydrogen-bond acceptors (Lipinski definition) is 3. The molecular weight excluding hydrogens is 247 g/mol. The molecule has 0 unspecified atom stereocenters.